The predicted molar refractivity (Wildman–Crippen MR) is 107 cm³/mol. The summed E-state index contributed by atoms with van der Waals surface area (Å²) >= 11 is 0. The van der Waals surface area contributed by atoms with Gasteiger partial charge in [0.1, 0.15) is 0 Å². The molecule has 0 heterocycles. The Morgan fingerprint density at radius 3 is 2.67 bits per heavy atom. The molecule has 1 aromatic rings. The average molecular weight is 401 g/mol. The van der Waals surface area contributed by atoms with Crippen LogP contribution in [-0.4, -0.2) is 60.9 Å². The summed E-state index contributed by atoms with van der Waals surface area (Å²) in [5.41, 5.74) is 0.816. The van der Waals surface area contributed by atoms with E-state index in [1.54, 1.807) is 18.2 Å². The van der Waals surface area contributed by atoms with Crippen molar-refractivity contribution in [2.24, 2.45) is 4.99 Å². The zero-order valence-corrected chi connectivity index (χ0v) is 17.3. The molecular formula is C18H32N4O4S. The molecule has 0 amide bonds. The third-order valence-electron chi connectivity index (χ3n) is 3.53. The first kappa shape index (κ1) is 23.4. The van der Waals surface area contributed by atoms with Gasteiger partial charge < -0.3 is 20.1 Å². The summed E-state index contributed by atoms with van der Waals surface area (Å²) in [4.78, 5) is 4.74. The largest absolute Gasteiger partial charge is 0.383 e. The summed E-state index contributed by atoms with van der Waals surface area (Å²) in [6.07, 6.45) is 0.888. The number of benzene rings is 1. The van der Waals surface area contributed by atoms with Gasteiger partial charge in [-0.25, -0.2) is 18.1 Å². The van der Waals surface area contributed by atoms with Crippen molar-refractivity contribution in [1.82, 2.24) is 15.4 Å². The number of hydrogen-bond acceptors (Lipinski definition) is 5. The lowest BCUT2D eigenvalue weighted by atomic mass is 10.2. The van der Waals surface area contributed by atoms with Crippen molar-refractivity contribution in [2.75, 3.05) is 46.6 Å². The van der Waals surface area contributed by atoms with Gasteiger partial charge in [0.2, 0.25) is 10.0 Å². The van der Waals surface area contributed by atoms with E-state index in [4.69, 9.17) is 9.47 Å². The summed E-state index contributed by atoms with van der Waals surface area (Å²) in [6.45, 7) is 7.83. The Kier molecular flexibility index (Phi) is 11.7. The summed E-state index contributed by atoms with van der Waals surface area (Å²) in [6, 6.07) is 6.78. The van der Waals surface area contributed by atoms with E-state index < -0.39 is 10.0 Å². The maximum atomic E-state index is 12.3. The van der Waals surface area contributed by atoms with Gasteiger partial charge >= 0.3 is 0 Å². The van der Waals surface area contributed by atoms with Crippen LogP contribution in [0.25, 0.3) is 0 Å². The van der Waals surface area contributed by atoms with Crippen molar-refractivity contribution in [1.29, 1.82) is 0 Å². The molecule has 0 spiro atoms. The zero-order valence-electron chi connectivity index (χ0n) is 16.5. The quantitative estimate of drug-likeness (QED) is 0.260. The van der Waals surface area contributed by atoms with E-state index in [0.29, 0.717) is 32.3 Å². The second kappa shape index (κ2) is 13.5. The van der Waals surface area contributed by atoms with Gasteiger partial charge in [-0.1, -0.05) is 12.1 Å². The van der Waals surface area contributed by atoms with E-state index in [0.717, 1.165) is 25.1 Å². The number of ether oxygens (including phenoxy) is 2. The number of hydrogen-bond donors (Lipinski definition) is 3. The molecule has 0 radical (unpaired) electrons. The lowest BCUT2D eigenvalue weighted by molar-refractivity contribution is 0.145. The molecule has 0 fully saturated rings. The molecule has 3 N–H and O–H groups in total. The molecule has 8 nitrogen and oxygen atoms in total. The number of rotatable bonds is 13. The van der Waals surface area contributed by atoms with Gasteiger partial charge in [-0.3, -0.25) is 0 Å². The van der Waals surface area contributed by atoms with Crippen molar-refractivity contribution in [3.63, 3.8) is 0 Å². The second-order valence-corrected chi connectivity index (χ2v) is 7.48. The van der Waals surface area contributed by atoms with Crippen LogP contribution in [0.2, 0.25) is 0 Å². The normalized spacial score (nSPS) is 12.2. The fraction of sp³-hybridized carbons (Fsp3) is 0.611. The molecule has 0 bridgehead atoms. The van der Waals surface area contributed by atoms with E-state index in [9.17, 15) is 8.42 Å². The number of guanidine groups is 1. The van der Waals surface area contributed by atoms with E-state index in [-0.39, 0.29) is 11.4 Å². The van der Waals surface area contributed by atoms with Gasteiger partial charge in [0, 0.05) is 40.0 Å². The highest BCUT2D eigenvalue weighted by molar-refractivity contribution is 7.89. The van der Waals surface area contributed by atoms with Crippen LogP contribution in [0.1, 0.15) is 25.8 Å². The Bertz CT molecular complexity index is 665. The molecule has 1 rings (SSSR count). The lowest BCUT2D eigenvalue weighted by Gasteiger charge is -2.11. The van der Waals surface area contributed by atoms with Crippen molar-refractivity contribution in [2.45, 2.75) is 31.7 Å². The molecule has 0 aliphatic heterocycles. The molecular weight excluding hydrogens is 368 g/mol. The standard InChI is InChI=1S/C18H32N4O4S/c1-4-19-18(20-10-7-12-26-5-2)21-15-16-8-6-9-17(14-16)27(23,24)22-11-13-25-3/h6,8-9,14,22H,4-5,7,10-13,15H2,1-3H3,(H2,19,20,21). The molecule has 9 heteroatoms. The first-order valence-electron chi connectivity index (χ1n) is 9.21. The lowest BCUT2D eigenvalue weighted by Crippen LogP contribution is -2.38. The Labute approximate surface area is 162 Å². The Hall–Kier alpha value is -1.68. The molecule has 27 heavy (non-hydrogen) atoms. The van der Waals surface area contributed by atoms with Crippen LogP contribution in [0, 0.1) is 0 Å². The molecule has 154 valence electrons. The van der Waals surface area contributed by atoms with Crippen LogP contribution in [0.15, 0.2) is 34.2 Å². The van der Waals surface area contributed by atoms with Crippen LogP contribution in [-0.2, 0) is 26.0 Å². The third-order valence-corrected chi connectivity index (χ3v) is 4.99. The molecule has 0 aromatic heterocycles. The van der Waals surface area contributed by atoms with E-state index in [2.05, 4.69) is 20.3 Å². The molecule has 0 aliphatic rings. The smallest absolute Gasteiger partial charge is 0.240 e. The SMILES string of the molecule is CCNC(=NCc1cccc(S(=O)(=O)NCCOC)c1)NCCCOCC. The Morgan fingerprint density at radius 2 is 1.96 bits per heavy atom. The highest BCUT2D eigenvalue weighted by atomic mass is 32.2. The van der Waals surface area contributed by atoms with Crippen LogP contribution >= 0.6 is 0 Å². The van der Waals surface area contributed by atoms with E-state index in [1.165, 1.54) is 7.11 Å². The second-order valence-electron chi connectivity index (χ2n) is 5.71. The number of nitrogens with one attached hydrogen (secondary N) is 3. The monoisotopic (exact) mass is 400 g/mol. The highest BCUT2D eigenvalue weighted by Gasteiger charge is 2.13. The van der Waals surface area contributed by atoms with E-state index in [1.807, 2.05) is 19.9 Å². The third kappa shape index (κ3) is 9.71. The van der Waals surface area contributed by atoms with Gasteiger partial charge in [0.15, 0.2) is 5.96 Å². The zero-order chi connectivity index (χ0) is 20.0. The minimum absolute atomic E-state index is 0.223. The Balaban J connectivity index is 2.68. The molecule has 0 aliphatic carbocycles. The molecule has 0 unspecified atom stereocenters. The topological polar surface area (TPSA) is 101 Å². The predicted octanol–water partition coefficient (Wildman–Crippen LogP) is 1.09. The summed E-state index contributed by atoms with van der Waals surface area (Å²) in [7, 11) is -2.02. The van der Waals surface area contributed by atoms with Gasteiger partial charge in [0.25, 0.3) is 0 Å². The van der Waals surface area contributed by atoms with Crippen LogP contribution in [0.3, 0.4) is 0 Å². The first-order chi connectivity index (χ1) is 13.0. The van der Waals surface area contributed by atoms with Gasteiger partial charge in [0.05, 0.1) is 18.0 Å². The molecule has 0 saturated carbocycles. The summed E-state index contributed by atoms with van der Waals surface area (Å²) < 4.78 is 37.3. The van der Waals surface area contributed by atoms with Crippen molar-refractivity contribution in [3.05, 3.63) is 29.8 Å². The van der Waals surface area contributed by atoms with Gasteiger partial charge in [-0.2, -0.15) is 0 Å². The molecule has 0 atom stereocenters. The van der Waals surface area contributed by atoms with Crippen LogP contribution in [0.4, 0.5) is 0 Å². The average Bonchev–Trinajstić information content (AvgIpc) is 2.66. The minimum atomic E-state index is -3.55. The van der Waals surface area contributed by atoms with E-state index >= 15 is 0 Å². The molecule has 1 aromatic carbocycles. The Morgan fingerprint density at radius 1 is 1.15 bits per heavy atom. The maximum absolute atomic E-state index is 12.3. The first-order valence-corrected chi connectivity index (χ1v) is 10.7. The van der Waals surface area contributed by atoms with Crippen molar-refractivity contribution >= 4 is 16.0 Å². The number of sulfonamides is 1. The van der Waals surface area contributed by atoms with Crippen molar-refractivity contribution < 1.29 is 17.9 Å². The van der Waals surface area contributed by atoms with Crippen LogP contribution in [0.5, 0.6) is 0 Å². The van der Waals surface area contributed by atoms with Crippen LogP contribution < -0.4 is 15.4 Å². The fourth-order valence-electron chi connectivity index (χ4n) is 2.21. The molecule has 0 saturated heterocycles. The number of aliphatic imine (C=N–C) groups is 1. The van der Waals surface area contributed by atoms with Crippen molar-refractivity contribution in [3.8, 4) is 0 Å². The fourth-order valence-corrected chi connectivity index (χ4v) is 3.29. The summed E-state index contributed by atoms with van der Waals surface area (Å²) in [5, 5.41) is 6.42. The maximum Gasteiger partial charge on any atom is 0.240 e. The van der Waals surface area contributed by atoms with Gasteiger partial charge in [-0.05, 0) is 38.0 Å². The number of methoxy groups -OCH3 is 1. The highest BCUT2D eigenvalue weighted by Crippen LogP contribution is 2.12. The minimum Gasteiger partial charge on any atom is -0.383 e. The number of nitrogens with zero attached hydrogens (tertiary/aromatic N) is 1. The summed E-state index contributed by atoms with van der Waals surface area (Å²) in [5.74, 6) is 0.695. The van der Waals surface area contributed by atoms with Gasteiger partial charge in [-0.15, -0.1) is 0 Å².